The molecule has 0 fully saturated rings. The summed E-state index contributed by atoms with van der Waals surface area (Å²) in [6.07, 6.45) is -4.82. The van der Waals surface area contributed by atoms with Gasteiger partial charge in [-0.1, -0.05) is 23.2 Å². The molecular weight excluding hydrogens is 475 g/mol. The van der Waals surface area contributed by atoms with Gasteiger partial charge < -0.3 is 5.73 Å². The van der Waals surface area contributed by atoms with Crippen molar-refractivity contribution in [3.05, 3.63) is 33.4 Å². The third-order valence-electron chi connectivity index (χ3n) is 3.38. The number of hydrogen-bond donors (Lipinski definition) is 3. The normalized spacial score (nSPS) is 13.4. The Morgan fingerprint density at radius 1 is 1.24 bits per heavy atom. The molecule has 1 unspecified atom stereocenters. The second kappa shape index (κ2) is 7.66. The summed E-state index contributed by atoms with van der Waals surface area (Å²) < 4.78 is 89.9. The van der Waals surface area contributed by atoms with Crippen LogP contribution in [0.25, 0.3) is 5.69 Å². The van der Waals surface area contributed by atoms with Gasteiger partial charge in [0.1, 0.15) is 22.1 Å². The van der Waals surface area contributed by atoms with E-state index < -0.39 is 66.0 Å². The first-order chi connectivity index (χ1) is 13.1. The van der Waals surface area contributed by atoms with Gasteiger partial charge in [-0.05, 0) is 12.1 Å². The Hall–Kier alpha value is -2.03. The molecule has 0 saturated heterocycles. The Morgan fingerprint density at radius 3 is 2.10 bits per heavy atom. The van der Waals surface area contributed by atoms with Gasteiger partial charge in [-0.2, -0.15) is 31.4 Å². The van der Waals surface area contributed by atoms with Crippen molar-refractivity contribution in [3.63, 3.8) is 0 Å². The summed E-state index contributed by atoms with van der Waals surface area (Å²) in [6, 6.07) is 0.876. The Bertz CT molecular complexity index is 982. The van der Waals surface area contributed by atoms with Crippen molar-refractivity contribution in [2.75, 3.05) is 12.8 Å². The van der Waals surface area contributed by atoms with E-state index in [1.54, 1.807) is 0 Å². The molecule has 0 bridgehead atoms. The summed E-state index contributed by atoms with van der Waals surface area (Å²) >= 11 is 11.6. The molecule has 0 aliphatic carbocycles. The van der Waals surface area contributed by atoms with E-state index in [-0.39, 0.29) is 5.06 Å². The quantitative estimate of drug-likeness (QED) is 0.264. The van der Waals surface area contributed by atoms with Crippen LogP contribution in [0.2, 0.25) is 10.0 Å². The maximum atomic E-state index is 13.0. The molecule has 0 radical (unpaired) electrons. The molecule has 0 aliphatic heterocycles. The van der Waals surface area contributed by atoms with Crippen LogP contribution in [0.3, 0.4) is 0 Å². The van der Waals surface area contributed by atoms with Gasteiger partial charge in [0.05, 0.1) is 15.6 Å². The molecule has 1 heterocycles. The number of amidine groups is 1. The van der Waals surface area contributed by atoms with Gasteiger partial charge in [-0.25, -0.2) is 14.0 Å². The fraction of sp³-hybridized carbons (Fsp3) is 0.231. The summed E-state index contributed by atoms with van der Waals surface area (Å²) in [5, 5.41) is 19.3. The fourth-order valence-corrected chi connectivity index (χ4v) is 3.59. The third kappa shape index (κ3) is 4.44. The lowest BCUT2D eigenvalue weighted by atomic mass is 10.2. The molecule has 0 amide bonds. The van der Waals surface area contributed by atoms with Crippen LogP contribution in [0, 0.1) is 5.41 Å². The summed E-state index contributed by atoms with van der Waals surface area (Å²) in [5.74, 6) is -1.98. The first kappa shape index (κ1) is 23.3. The average molecular weight is 484 g/mol. The predicted octanol–water partition coefficient (Wildman–Crippen LogP) is 4.05. The van der Waals surface area contributed by atoms with E-state index in [4.69, 9.17) is 34.3 Å². The zero-order valence-corrected chi connectivity index (χ0v) is 16.2. The van der Waals surface area contributed by atoms with Crippen molar-refractivity contribution in [3.8, 4) is 5.69 Å². The van der Waals surface area contributed by atoms with Crippen molar-refractivity contribution in [1.82, 2.24) is 14.8 Å². The first-order valence-corrected chi connectivity index (χ1v) is 8.93. The lowest BCUT2D eigenvalue weighted by Gasteiger charge is -2.13. The highest BCUT2D eigenvalue weighted by Crippen LogP contribution is 2.40. The molecule has 160 valence electrons. The molecule has 4 N–H and O–H groups in total. The predicted molar refractivity (Wildman–Crippen MR) is 91.8 cm³/mol. The maximum Gasteiger partial charge on any atom is 0.476 e. The second-order valence-corrected chi connectivity index (χ2v) is 7.57. The topological polar surface area (TPSA) is 108 Å². The molecule has 1 aromatic carbocycles. The van der Waals surface area contributed by atoms with E-state index >= 15 is 0 Å². The first-order valence-electron chi connectivity index (χ1n) is 7.02. The number of anilines is 1. The van der Waals surface area contributed by atoms with Crippen molar-refractivity contribution in [2.24, 2.45) is 0 Å². The van der Waals surface area contributed by atoms with Crippen molar-refractivity contribution in [1.29, 1.82) is 5.41 Å². The van der Waals surface area contributed by atoms with Crippen LogP contribution in [0.4, 0.5) is 32.2 Å². The number of aromatic nitrogens is 2. The van der Waals surface area contributed by atoms with Crippen molar-refractivity contribution in [2.45, 2.75) is 16.6 Å². The van der Waals surface area contributed by atoms with E-state index in [2.05, 4.69) is 5.10 Å². The van der Waals surface area contributed by atoms with Gasteiger partial charge in [0.15, 0.2) is 16.6 Å². The van der Waals surface area contributed by atoms with Crippen molar-refractivity contribution >= 4 is 45.7 Å². The van der Waals surface area contributed by atoms with Crippen LogP contribution in [-0.2, 0) is 17.0 Å². The monoisotopic (exact) mass is 483 g/mol. The number of nitrogens with two attached hydrogens (primary N) is 1. The highest BCUT2D eigenvalue weighted by atomic mass is 35.5. The molecule has 7 nitrogen and oxygen atoms in total. The van der Waals surface area contributed by atoms with Crippen LogP contribution >= 0.6 is 23.2 Å². The number of rotatable bonds is 3. The number of nitrogens with one attached hydrogen (secondary N) is 1. The van der Waals surface area contributed by atoms with Crippen LogP contribution in [0.5, 0.6) is 0 Å². The molecular formula is C13H9Cl2F6N5O2S. The van der Waals surface area contributed by atoms with Crippen LogP contribution in [0.15, 0.2) is 17.0 Å². The van der Waals surface area contributed by atoms with Gasteiger partial charge in [0, 0.05) is 7.05 Å². The molecule has 2 aromatic rings. The fourth-order valence-electron chi connectivity index (χ4n) is 2.13. The van der Waals surface area contributed by atoms with Crippen LogP contribution in [0.1, 0.15) is 11.3 Å². The molecule has 2 rings (SSSR count). The highest BCUT2D eigenvalue weighted by molar-refractivity contribution is 7.86. The smallest absolute Gasteiger partial charge is 0.383 e. The minimum absolute atomic E-state index is 0.0686. The number of nitrogens with zero attached hydrogens (tertiary/aromatic N) is 3. The molecule has 16 heteroatoms. The maximum absolute atomic E-state index is 13.0. The van der Waals surface area contributed by atoms with Gasteiger partial charge in [-0.3, -0.25) is 10.6 Å². The van der Waals surface area contributed by atoms with E-state index in [1.165, 1.54) is 0 Å². The number of benzene rings is 1. The lowest BCUT2D eigenvalue weighted by Crippen LogP contribution is -2.26. The number of nitrogen functional groups attached to an aromatic ring is 1. The Balaban J connectivity index is 2.83. The number of hydroxylamine groups is 2. The molecule has 0 saturated carbocycles. The minimum Gasteiger partial charge on any atom is -0.383 e. The average Bonchev–Trinajstić information content (AvgIpc) is 2.88. The summed E-state index contributed by atoms with van der Waals surface area (Å²) in [5.41, 5.74) is -2.45. The number of hydrogen-bond acceptors (Lipinski definition) is 5. The van der Waals surface area contributed by atoms with E-state index in [0.717, 1.165) is 7.05 Å². The molecule has 1 aromatic heterocycles. The Morgan fingerprint density at radius 2 is 1.72 bits per heavy atom. The van der Waals surface area contributed by atoms with E-state index in [1.807, 2.05) is 0 Å². The van der Waals surface area contributed by atoms with E-state index in [0.29, 0.717) is 16.8 Å². The molecule has 0 aliphatic rings. The van der Waals surface area contributed by atoms with Crippen molar-refractivity contribution < 1.29 is 35.8 Å². The molecule has 0 spiro atoms. The zero-order chi connectivity index (χ0) is 22.5. The summed E-state index contributed by atoms with van der Waals surface area (Å²) in [4.78, 5) is -1.20. The van der Waals surface area contributed by atoms with Gasteiger partial charge in [-0.15, -0.1) is 0 Å². The summed E-state index contributed by atoms with van der Waals surface area (Å²) in [6.45, 7) is 0. The Kier molecular flexibility index (Phi) is 6.14. The molecule has 1 atom stereocenters. The SMILES string of the molecule is CN(O)C(=N)c1nn(-c2c(Cl)cc(C(F)(F)F)cc2Cl)c(N)c1S(=O)C(F)(F)F. The van der Waals surface area contributed by atoms with Gasteiger partial charge >= 0.3 is 11.7 Å². The van der Waals surface area contributed by atoms with Crippen LogP contribution < -0.4 is 5.73 Å². The third-order valence-corrected chi connectivity index (χ3v) is 5.15. The van der Waals surface area contributed by atoms with Gasteiger partial charge in [0.2, 0.25) is 0 Å². The van der Waals surface area contributed by atoms with E-state index in [9.17, 15) is 35.8 Å². The minimum atomic E-state index is -5.32. The summed E-state index contributed by atoms with van der Waals surface area (Å²) in [7, 11) is -2.93. The second-order valence-electron chi connectivity index (χ2n) is 5.35. The number of halogens is 8. The standard InChI is InChI=1S/C13H9Cl2F6N5O2S/c1-25(27)10(22)7-9(29(28)13(19,20)21)11(23)26(24-7)8-5(14)2-4(3-6(8)15)12(16,17)18/h2-3,22,27H,23H2,1H3. The Labute approximate surface area is 170 Å². The molecule has 29 heavy (non-hydrogen) atoms. The largest absolute Gasteiger partial charge is 0.476 e. The number of alkyl halides is 6. The van der Waals surface area contributed by atoms with Gasteiger partial charge in [0.25, 0.3) is 0 Å². The zero-order valence-electron chi connectivity index (χ0n) is 13.9. The van der Waals surface area contributed by atoms with Crippen LogP contribution in [-0.4, -0.2) is 42.7 Å². The highest BCUT2D eigenvalue weighted by Gasteiger charge is 2.43. The lowest BCUT2D eigenvalue weighted by molar-refractivity contribution is -0.137.